The van der Waals surface area contributed by atoms with Gasteiger partial charge in [0, 0.05) is 24.8 Å². The van der Waals surface area contributed by atoms with Crippen LogP contribution in [0.5, 0.6) is 0 Å². The first-order valence-electron chi connectivity index (χ1n) is 11.6. The van der Waals surface area contributed by atoms with Crippen LogP contribution in [0.1, 0.15) is 70.5 Å². The van der Waals surface area contributed by atoms with Crippen LogP contribution in [0.25, 0.3) is 0 Å². The second-order valence-electron chi connectivity index (χ2n) is 9.49. The van der Waals surface area contributed by atoms with Crippen molar-refractivity contribution in [2.75, 3.05) is 18.0 Å². The van der Waals surface area contributed by atoms with Crippen LogP contribution in [-0.2, 0) is 14.8 Å². The van der Waals surface area contributed by atoms with Gasteiger partial charge in [0.15, 0.2) is 0 Å². The normalized spacial score (nSPS) is 17.5. The Morgan fingerprint density at radius 1 is 1.18 bits per heavy atom. The Morgan fingerprint density at radius 3 is 2.52 bits per heavy atom. The van der Waals surface area contributed by atoms with Crippen LogP contribution in [0.15, 0.2) is 47.5 Å². The molecule has 1 amide bonds. The maximum atomic E-state index is 13.6. The number of aromatic nitrogens is 1. The molecule has 2 heterocycles. The molecule has 0 N–H and O–H groups in total. The highest BCUT2D eigenvalue weighted by atomic mass is 32.2. The number of nitrogens with zero attached hydrogens (tertiary/aromatic N) is 3. The number of hydrogen-bond acceptors (Lipinski definition) is 5. The van der Waals surface area contributed by atoms with Gasteiger partial charge in [0.25, 0.3) is 0 Å². The average molecular weight is 474 g/mol. The van der Waals surface area contributed by atoms with Gasteiger partial charge >= 0.3 is 6.09 Å². The van der Waals surface area contributed by atoms with E-state index < -0.39 is 27.8 Å². The molecule has 33 heavy (non-hydrogen) atoms. The lowest BCUT2D eigenvalue weighted by molar-refractivity contribution is 0.0578. The first-order valence-corrected chi connectivity index (χ1v) is 13.0. The lowest BCUT2D eigenvalue weighted by Gasteiger charge is -2.37. The van der Waals surface area contributed by atoms with Crippen LogP contribution in [-0.4, -0.2) is 42.5 Å². The zero-order chi connectivity index (χ0) is 24.2. The molecule has 1 unspecified atom stereocenters. The summed E-state index contributed by atoms with van der Waals surface area (Å²) in [6.07, 6.45) is 4.23. The number of ether oxygens (including phenoxy) is 1. The summed E-state index contributed by atoms with van der Waals surface area (Å²) in [5.41, 5.74) is 1.09. The Labute approximate surface area is 197 Å². The Bertz CT molecular complexity index is 1060. The summed E-state index contributed by atoms with van der Waals surface area (Å²) in [7, 11) is -3.71. The van der Waals surface area contributed by atoms with E-state index in [1.807, 2.05) is 52.8 Å². The Kier molecular flexibility index (Phi) is 7.80. The fourth-order valence-electron chi connectivity index (χ4n) is 4.07. The number of anilines is 1. The van der Waals surface area contributed by atoms with Crippen LogP contribution in [0.3, 0.4) is 0 Å². The number of piperidine rings is 1. The van der Waals surface area contributed by atoms with Crippen LogP contribution in [0.4, 0.5) is 10.6 Å². The van der Waals surface area contributed by atoms with Crippen LogP contribution in [0.2, 0.25) is 0 Å². The SMILES string of the molecule is CCCN(C(=O)OC(C)(C)C)c1ncccc1C1CCCCN1S(=O)(=O)c1ccc(C)cc1. The summed E-state index contributed by atoms with van der Waals surface area (Å²) in [6, 6.07) is 10.2. The number of carbonyl (C=O) groups is 1. The van der Waals surface area contributed by atoms with E-state index in [0.717, 1.165) is 24.0 Å². The van der Waals surface area contributed by atoms with Crippen LogP contribution in [0, 0.1) is 6.92 Å². The van der Waals surface area contributed by atoms with Gasteiger partial charge in [0.05, 0.1) is 10.9 Å². The van der Waals surface area contributed by atoms with Gasteiger partial charge in [0.1, 0.15) is 11.4 Å². The minimum absolute atomic E-state index is 0.281. The Morgan fingerprint density at radius 2 is 1.88 bits per heavy atom. The zero-order valence-corrected chi connectivity index (χ0v) is 21.1. The van der Waals surface area contributed by atoms with Crippen molar-refractivity contribution < 1.29 is 17.9 Å². The molecule has 1 aliphatic heterocycles. The molecular weight excluding hydrogens is 438 g/mol. The predicted molar refractivity (Wildman–Crippen MR) is 130 cm³/mol. The number of benzene rings is 1. The van der Waals surface area contributed by atoms with Crippen molar-refractivity contribution in [3.63, 3.8) is 0 Å². The summed E-state index contributed by atoms with van der Waals surface area (Å²) < 4.78 is 34.4. The minimum atomic E-state index is -3.71. The number of carbonyl (C=O) groups excluding carboxylic acids is 1. The molecule has 0 aliphatic carbocycles. The molecule has 180 valence electrons. The van der Waals surface area contributed by atoms with Gasteiger partial charge in [-0.25, -0.2) is 18.2 Å². The van der Waals surface area contributed by atoms with E-state index in [-0.39, 0.29) is 4.90 Å². The lowest BCUT2D eigenvalue weighted by Crippen LogP contribution is -2.41. The fourth-order valence-corrected chi connectivity index (χ4v) is 5.74. The van der Waals surface area contributed by atoms with Gasteiger partial charge in [-0.1, -0.05) is 37.1 Å². The third-order valence-corrected chi connectivity index (χ3v) is 7.50. The third-order valence-electron chi connectivity index (χ3n) is 5.57. The fraction of sp³-hybridized carbons (Fsp3) is 0.520. The monoisotopic (exact) mass is 473 g/mol. The van der Waals surface area contributed by atoms with Crippen molar-refractivity contribution in [1.82, 2.24) is 9.29 Å². The van der Waals surface area contributed by atoms with E-state index >= 15 is 0 Å². The summed E-state index contributed by atoms with van der Waals surface area (Å²) in [6.45, 7) is 10.2. The van der Waals surface area contributed by atoms with Crippen molar-refractivity contribution >= 4 is 21.9 Å². The number of aryl methyl sites for hydroxylation is 1. The van der Waals surface area contributed by atoms with E-state index in [4.69, 9.17) is 4.74 Å². The standard InChI is InChI=1S/C25H35N3O4S/c1-6-17-27(24(29)32-25(3,4)5)23-21(10-9-16-26-23)22-11-7-8-18-28(22)33(30,31)20-14-12-19(2)13-15-20/h9-10,12-16,22H,6-8,11,17-18H2,1-5H3. The first kappa shape index (κ1) is 25.2. The lowest BCUT2D eigenvalue weighted by atomic mass is 9.97. The molecule has 0 bridgehead atoms. The summed E-state index contributed by atoms with van der Waals surface area (Å²) in [5, 5.41) is 0. The summed E-state index contributed by atoms with van der Waals surface area (Å²) >= 11 is 0. The molecule has 2 aromatic rings. The van der Waals surface area contributed by atoms with Crippen LogP contribution >= 0.6 is 0 Å². The highest BCUT2D eigenvalue weighted by Crippen LogP contribution is 2.39. The smallest absolute Gasteiger partial charge is 0.416 e. The van der Waals surface area contributed by atoms with Crippen molar-refractivity contribution in [3.8, 4) is 0 Å². The summed E-state index contributed by atoms with van der Waals surface area (Å²) in [4.78, 5) is 19.4. The quantitative estimate of drug-likeness (QED) is 0.557. The number of hydrogen-bond donors (Lipinski definition) is 0. The third kappa shape index (κ3) is 5.92. The second-order valence-corrected chi connectivity index (χ2v) is 11.4. The van der Waals surface area contributed by atoms with E-state index in [1.165, 1.54) is 4.90 Å². The minimum Gasteiger partial charge on any atom is -0.443 e. The Hall–Kier alpha value is -2.45. The molecular formula is C25H35N3O4S. The van der Waals surface area contributed by atoms with Gasteiger partial charge in [-0.05, 0) is 65.2 Å². The molecule has 1 aliphatic rings. The van der Waals surface area contributed by atoms with Crippen LogP contribution < -0.4 is 4.90 Å². The second kappa shape index (κ2) is 10.2. The van der Waals surface area contributed by atoms with Gasteiger partial charge in [-0.2, -0.15) is 4.31 Å². The molecule has 0 radical (unpaired) electrons. The Balaban J connectivity index is 2.04. The molecule has 7 nitrogen and oxygen atoms in total. The topological polar surface area (TPSA) is 79.8 Å². The largest absolute Gasteiger partial charge is 0.443 e. The average Bonchev–Trinajstić information content (AvgIpc) is 2.76. The highest BCUT2D eigenvalue weighted by Gasteiger charge is 2.37. The van der Waals surface area contributed by atoms with Gasteiger partial charge in [-0.3, -0.25) is 4.90 Å². The molecule has 0 saturated carbocycles. The molecule has 1 aromatic heterocycles. The van der Waals surface area contributed by atoms with E-state index in [1.54, 1.807) is 28.7 Å². The molecule has 1 fully saturated rings. The first-order chi connectivity index (χ1) is 15.5. The molecule has 3 rings (SSSR count). The number of amides is 1. The molecule has 1 atom stereocenters. The maximum absolute atomic E-state index is 13.6. The predicted octanol–water partition coefficient (Wildman–Crippen LogP) is 5.46. The summed E-state index contributed by atoms with van der Waals surface area (Å²) in [5.74, 6) is 0.463. The highest BCUT2D eigenvalue weighted by molar-refractivity contribution is 7.89. The number of sulfonamides is 1. The van der Waals surface area contributed by atoms with Crippen molar-refractivity contribution in [2.45, 2.75) is 76.8 Å². The van der Waals surface area contributed by atoms with Gasteiger partial charge in [0.2, 0.25) is 10.0 Å². The molecule has 0 spiro atoms. The zero-order valence-electron chi connectivity index (χ0n) is 20.2. The van der Waals surface area contributed by atoms with Crippen molar-refractivity contribution in [1.29, 1.82) is 0 Å². The van der Waals surface area contributed by atoms with E-state index in [0.29, 0.717) is 31.7 Å². The van der Waals surface area contributed by atoms with Gasteiger partial charge < -0.3 is 4.74 Å². The molecule has 1 saturated heterocycles. The molecule has 8 heteroatoms. The number of rotatable bonds is 6. The van der Waals surface area contributed by atoms with Gasteiger partial charge in [-0.15, -0.1) is 0 Å². The van der Waals surface area contributed by atoms with Crippen molar-refractivity contribution in [2.24, 2.45) is 0 Å². The van der Waals surface area contributed by atoms with E-state index in [9.17, 15) is 13.2 Å². The van der Waals surface area contributed by atoms with E-state index in [2.05, 4.69) is 4.98 Å². The van der Waals surface area contributed by atoms with Crippen molar-refractivity contribution in [3.05, 3.63) is 53.7 Å². The number of pyridine rings is 1. The maximum Gasteiger partial charge on any atom is 0.416 e. The molecule has 1 aromatic carbocycles.